The van der Waals surface area contributed by atoms with Crippen LogP contribution >= 0.6 is 0 Å². The number of carbonyl (C=O) groups excluding carboxylic acids is 1. The number of aryl methyl sites for hydroxylation is 1. The molecule has 0 spiro atoms. The van der Waals surface area contributed by atoms with Crippen LogP contribution < -0.4 is 5.32 Å². The van der Waals surface area contributed by atoms with Gasteiger partial charge in [0.25, 0.3) is 0 Å². The van der Waals surface area contributed by atoms with E-state index >= 15 is 0 Å². The van der Waals surface area contributed by atoms with Crippen molar-refractivity contribution >= 4 is 16.8 Å². The van der Waals surface area contributed by atoms with E-state index in [4.69, 9.17) is 5.11 Å². The molecule has 4 heteroatoms. The third-order valence-electron chi connectivity index (χ3n) is 2.74. The van der Waals surface area contributed by atoms with Crippen molar-refractivity contribution in [1.82, 2.24) is 9.88 Å². The summed E-state index contributed by atoms with van der Waals surface area (Å²) in [5.41, 5.74) is 2.22. The second-order valence-corrected chi connectivity index (χ2v) is 4.03. The first-order valence-corrected chi connectivity index (χ1v) is 5.64. The summed E-state index contributed by atoms with van der Waals surface area (Å²) in [6.45, 7) is 2.59. The normalized spacial score (nSPS) is 10.7. The predicted molar refractivity (Wildman–Crippen MR) is 66.8 cm³/mol. The summed E-state index contributed by atoms with van der Waals surface area (Å²) in [6, 6.07) is 8.00. The maximum Gasteiger partial charge on any atom is 0.240 e. The molecule has 4 nitrogen and oxygen atoms in total. The molecule has 1 heterocycles. The smallest absolute Gasteiger partial charge is 0.240 e. The molecule has 2 N–H and O–H groups in total. The SMILES string of the molecule is Cc1cn(CC(=O)NCCO)c2ccccc12. The number of rotatable bonds is 4. The molecule has 0 aliphatic carbocycles. The topological polar surface area (TPSA) is 54.3 Å². The van der Waals surface area contributed by atoms with Crippen LogP contribution in [-0.2, 0) is 11.3 Å². The molecule has 17 heavy (non-hydrogen) atoms. The van der Waals surface area contributed by atoms with Gasteiger partial charge in [-0.05, 0) is 18.6 Å². The van der Waals surface area contributed by atoms with Crippen LogP contribution in [0.4, 0.5) is 0 Å². The lowest BCUT2D eigenvalue weighted by Gasteiger charge is -2.05. The molecule has 0 radical (unpaired) electrons. The summed E-state index contributed by atoms with van der Waals surface area (Å²) in [5.74, 6) is -0.0835. The van der Waals surface area contributed by atoms with E-state index < -0.39 is 0 Å². The number of carbonyl (C=O) groups is 1. The molecule has 1 aromatic carbocycles. The molecule has 0 saturated heterocycles. The third kappa shape index (κ3) is 2.47. The molecule has 2 aromatic rings. The van der Waals surface area contributed by atoms with E-state index in [0.717, 1.165) is 11.1 Å². The first kappa shape index (κ1) is 11.7. The number of aromatic nitrogens is 1. The van der Waals surface area contributed by atoms with Gasteiger partial charge in [0.2, 0.25) is 5.91 Å². The average Bonchev–Trinajstić information content (AvgIpc) is 2.65. The molecule has 0 unspecified atom stereocenters. The third-order valence-corrected chi connectivity index (χ3v) is 2.74. The Kier molecular flexibility index (Phi) is 3.44. The molecule has 0 atom stereocenters. The van der Waals surface area contributed by atoms with Gasteiger partial charge in [0.05, 0.1) is 6.61 Å². The second-order valence-electron chi connectivity index (χ2n) is 4.03. The Balaban J connectivity index is 2.21. The molecule has 0 bridgehead atoms. The van der Waals surface area contributed by atoms with Crippen molar-refractivity contribution in [3.05, 3.63) is 36.0 Å². The quantitative estimate of drug-likeness (QED) is 0.828. The Morgan fingerprint density at radius 3 is 2.94 bits per heavy atom. The lowest BCUT2D eigenvalue weighted by molar-refractivity contribution is -0.121. The van der Waals surface area contributed by atoms with Crippen LogP contribution in [0.3, 0.4) is 0 Å². The van der Waals surface area contributed by atoms with Crippen molar-refractivity contribution in [3.8, 4) is 0 Å². The number of fused-ring (bicyclic) bond motifs is 1. The standard InChI is InChI=1S/C13H16N2O2/c1-10-8-15(9-13(17)14-6-7-16)12-5-3-2-4-11(10)12/h2-5,8,16H,6-7,9H2,1H3,(H,14,17). The molecule has 0 saturated carbocycles. The Morgan fingerprint density at radius 1 is 1.41 bits per heavy atom. The van der Waals surface area contributed by atoms with Crippen LogP contribution in [-0.4, -0.2) is 28.7 Å². The van der Waals surface area contributed by atoms with Gasteiger partial charge in [-0.3, -0.25) is 4.79 Å². The van der Waals surface area contributed by atoms with E-state index in [1.54, 1.807) is 0 Å². The van der Waals surface area contributed by atoms with Crippen molar-refractivity contribution in [2.75, 3.05) is 13.2 Å². The number of hydrogen-bond donors (Lipinski definition) is 2. The molecular formula is C13H16N2O2. The Labute approximate surface area is 99.9 Å². The van der Waals surface area contributed by atoms with Gasteiger partial charge < -0.3 is 15.0 Å². The van der Waals surface area contributed by atoms with Crippen LogP contribution in [0.25, 0.3) is 10.9 Å². The second kappa shape index (κ2) is 5.01. The van der Waals surface area contributed by atoms with Gasteiger partial charge >= 0.3 is 0 Å². The molecular weight excluding hydrogens is 216 g/mol. The zero-order valence-corrected chi connectivity index (χ0v) is 9.81. The highest BCUT2D eigenvalue weighted by molar-refractivity contribution is 5.85. The Hall–Kier alpha value is -1.81. The maximum absolute atomic E-state index is 11.6. The number of amides is 1. The van der Waals surface area contributed by atoms with Gasteiger partial charge in [-0.15, -0.1) is 0 Å². The van der Waals surface area contributed by atoms with E-state index in [2.05, 4.69) is 5.32 Å². The summed E-state index contributed by atoms with van der Waals surface area (Å²) in [7, 11) is 0. The largest absolute Gasteiger partial charge is 0.395 e. The molecule has 90 valence electrons. The molecule has 1 amide bonds. The van der Waals surface area contributed by atoms with E-state index in [1.807, 2.05) is 42.0 Å². The van der Waals surface area contributed by atoms with Crippen molar-refractivity contribution < 1.29 is 9.90 Å². The lowest BCUT2D eigenvalue weighted by Crippen LogP contribution is -2.29. The summed E-state index contributed by atoms with van der Waals surface area (Å²) < 4.78 is 1.93. The van der Waals surface area contributed by atoms with Crippen molar-refractivity contribution in [2.24, 2.45) is 0 Å². The van der Waals surface area contributed by atoms with Crippen LogP contribution in [0.15, 0.2) is 30.5 Å². The summed E-state index contributed by atoms with van der Waals surface area (Å²) in [6.07, 6.45) is 1.98. The minimum Gasteiger partial charge on any atom is -0.395 e. The maximum atomic E-state index is 11.6. The highest BCUT2D eigenvalue weighted by Gasteiger charge is 2.07. The molecule has 2 rings (SSSR count). The van der Waals surface area contributed by atoms with E-state index in [0.29, 0.717) is 6.54 Å². The fourth-order valence-electron chi connectivity index (χ4n) is 1.97. The molecule has 0 aliphatic rings. The summed E-state index contributed by atoms with van der Waals surface area (Å²) in [4.78, 5) is 11.6. The minimum absolute atomic E-state index is 0.0306. The highest BCUT2D eigenvalue weighted by Crippen LogP contribution is 2.19. The fraction of sp³-hybridized carbons (Fsp3) is 0.308. The number of nitrogens with zero attached hydrogens (tertiary/aromatic N) is 1. The van der Waals surface area contributed by atoms with Crippen molar-refractivity contribution in [1.29, 1.82) is 0 Å². The molecule has 0 fully saturated rings. The Bertz CT molecular complexity index is 531. The monoisotopic (exact) mass is 232 g/mol. The van der Waals surface area contributed by atoms with Gasteiger partial charge in [-0.2, -0.15) is 0 Å². The van der Waals surface area contributed by atoms with E-state index in [1.165, 1.54) is 5.39 Å². The van der Waals surface area contributed by atoms with E-state index in [9.17, 15) is 4.79 Å². The van der Waals surface area contributed by atoms with Gasteiger partial charge in [-0.25, -0.2) is 0 Å². The fourth-order valence-corrected chi connectivity index (χ4v) is 1.97. The van der Waals surface area contributed by atoms with Gasteiger partial charge in [0.1, 0.15) is 6.54 Å². The number of aliphatic hydroxyl groups excluding tert-OH is 1. The van der Waals surface area contributed by atoms with Crippen LogP contribution in [0.1, 0.15) is 5.56 Å². The number of hydrogen-bond acceptors (Lipinski definition) is 2. The van der Waals surface area contributed by atoms with Crippen molar-refractivity contribution in [2.45, 2.75) is 13.5 Å². The minimum atomic E-state index is -0.0835. The Morgan fingerprint density at radius 2 is 2.18 bits per heavy atom. The predicted octanol–water partition coefficient (Wildman–Crippen LogP) is 1.06. The first-order chi connectivity index (χ1) is 8.22. The number of aliphatic hydroxyl groups is 1. The van der Waals surface area contributed by atoms with Crippen molar-refractivity contribution in [3.63, 3.8) is 0 Å². The van der Waals surface area contributed by atoms with E-state index in [-0.39, 0.29) is 19.1 Å². The summed E-state index contributed by atoms with van der Waals surface area (Å²) in [5, 5.41) is 12.4. The van der Waals surface area contributed by atoms with Crippen LogP contribution in [0.2, 0.25) is 0 Å². The van der Waals surface area contributed by atoms with Crippen LogP contribution in [0.5, 0.6) is 0 Å². The number of para-hydroxylation sites is 1. The molecule has 1 aromatic heterocycles. The summed E-state index contributed by atoms with van der Waals surface area (Å²) >= 11 is 0. The average molecular weight is 232 g/mol. The number of nitrogens with one attached hydrogen (secondary N) is 1. The van der Waals surface area contributed by atoms with Crippen LogP contribution in [0, 0.1) is 6.92 Å². The zero-order chi connectivity index (χ0) is 12.3. The lowest BCUT2D eigenvalue weighted by atomic mass is 10.2. The van der Waals surface area contributed by atoms with Gasteiger partial charge in [0, 0.05) is 23.6 Å². The van der Waals surface area contributed by atoms with Gasteiger partial charge in [0.15, 0.2) is 0 Å². The van der Waals surface area contributed by atoms with Gasteiger partial charge in [-0.1, -0.05) is 18.2 Å². The highest BCUT2D eigenvalue weighted by atomic mass is 16.3. The zero-order valence-electron chi connectivity index (χ0n) is 9.81. The first-order valence-electron chi connectivity index (χ1n) is 5.64. The molecule has 0 aliphatic heterocycles. The number of benzene rings is 1.